The van der Waals surface area contributed by atoms with Crippen LogP contribution >= 0.6 is 11.6 Å². The number of ether oxygens (including phenoxy) is 2. The molecule has 1 aliphatic carbocycles. The van der Waals surface area contributed by atoms with Crippen molar-refractivity contribution < 1.29 is 38.0 Å². The number of hydrogen-bond donors (Lipinski definition) is 4. The van der Waals surface area contributed by atoms with Gasteiger partial charge >= 0.3 is 5.97 Å². The fraction of sp³-hybridized carbons (Fsp3) is 0.526. The van der Waals surface area contributed by atoms with Crippen LogP contribution in [0, 0.1) is 0 Å². The number of benzene rings is 1. The third-order valence-electron chi connectivity index (χ3n) is 5.56. The molecule has 9 nitrogen and oxygen atoms in total. The Kier molecular flexibility index (Phi) is 6.47. The first-order valence-electron chi connectivity index (χ1n) is 9.44. The van der Waals surface area contributed by atoms with E-state index in [2.05, 4.69) is 4.72 Å². The number of aliphatic carboxylic acids is 1. The fourth-order valence-corrected chi connectivity index (χ4v) is 5.68. The van der Waals surface area contributed by atoms with E-state index in [1.807, 2.05) is 0 Å². The Bertz CT molecular complexity index is 946. The van der Waals surface area contributed by atoms with Gasteiger partial charge in [0.05, 0.1) is 29.5 Å². The van der Waals surface area contributed by atoms with E-state index in [9.17, 15) is 28.5 Å². The van der Waals surface area contributed by atoms with Crippen molar-refractivity contribution in [1.82, 2.24) is 0 Å². The first-order valence-corrected chi connectivity index (χ1v) is 11.4. The zero-order chi connectivity index (χ0) is 22.2. The normalized spacial score (nSPS) is 31.5. The number of nitrogens with one attached hydrogen (secondary N) is 1. The number of sulfonamides is 1. The summed E-state index contributed by atoms with van der Waals surface area (Å²) in [7, 11) is -4.15. The van der Waals surface area contributed by atoms with Gasteiger partial charge in [-0.15, -0.1) is 0 Å². The second-order valence-electron chi connectivity index (χ2n) is 7.34. The molecule has 166 valence electrons. The first-order chi connectivity index (χ1) is 14.1. The van der Waals surface area contributed by atoms with E-state index >= 15 is 0 Å². The lowest BCUT2D eigenvalue weighted by Crippen LogP contribution is -2.46. The molecule has 1 aromatic rings. The molecule has 1 saturated heterocycles. The third-order valence-corrected chi connectivity index (χ3v) is 7.63. The highest BCUT2D eigenvalue weighted by Gasteiger charge is 2.57. The smallest absolute Gasteiger partial charge is 0.332 e. The van der Waals surface area contributed by atoms with Crippen LogP contribution in [0.5, 0.6) is 0 Å². The number of hydrogen-bond acceptors (Lipinski definition) is 7. The van der Waals surface area contributed by atoms with Crippen LogP contribution in [0.25, 0.3) is 0 Å². The summed E-state index contributed by atoms with van der Waals surface area (Å²) in [4.78, 5) is 11.9. The lowest BCUT2D eigenvalue weighted by atomic mass is 9.93. The molecule has 1 heterocycles. The van der Waals surface area contributed by atoms with Crippen LogP contribution in [0.3, 0.4) is 0 Å². The average molecular weight is 462 g/mol. The van der Waals surface area contributed by atoms with Crippen molar-refractivity contribution in [2.24, 2.45) is 0 Å². The molecule has 0 bridgehead atoms. The quantitative estimate of drug-likeness (QED) is 0.478. The summed E-state index contributed by atoms with van der Waals surface area (Å²) in [5.74, 6) is -2.98. The molecule has 2 unspecified atom stereocenters. The summed E-state index contributed by atoms with van der Waals surface area (Å²) in [6.45, 7) is 0.859. The van der Waals surface area contributed by atoms with Gasteiger partial charge in [0.2, 0.25) is 10.0 Å². The second kappa shape index (κ2) is 8.45. The minimum Gasteiger partial charge on any atom is -0.478 e. The Labute approximate surface area is 179 Å². The van der Waals surface area contributed by atoms with Crippen molar-refractivity contribution >= 4 is 33.3 Å². The maximum atomic E-state index is 13.0. The summed E-state index contributed by atoms with van der Waals surface area (Å²) < 4.78 is 40.0. The van der Waals surface area contributed by atoms with Crippen LogP contribution in [0.1, 0.15) is 26.2 Å². The lowest BCUT2D eigenvalue weighted by Gasteiger charge is -2.34. The van der Waals surface area contributed by atoms with Crippen molar-refractivity contribution in [1.29, 1.82) is 0 Å². The number of halogens is 1. The molecule has 4 N–H and O–H groups in total. The van der Waals surface area contributed by atoms with Gasteiger partial charge in [0, 0.05) is 6.42 Å². The van der Waals surface area contributed by atoms with Crippen molar-refractivity contribution in [3.05, 3.63) is 40.9 Å². The topological polar surface area (TPSA) is 142 Å². The van der Waals surface area contributed by atoms with Crippen molar-refractivity contribution in [3.63, 3.8) is 0 Å². The molecule has 2 aliphatic rings. The van der Waals surface area contributed by atoms with Crippen LogP contribution in [0.15, 0.2) is 35.9 Å². The molecule has 0 aromatic heterocycles. The maximum Gasteiger partial charge on any atom is 0.332 e. The molecule has 1 aliphatic heterocycles. The highest BCUT2D eigenvalue weighted by molar-refractivity contribution is 7.93. The van der Waals surface area contributed by atoms with E-state index in [-0.39, 0.29) is 23.6 Å². The molecule has 3 rings (SSSR count). The van der Waals surface area contributed by atoms with Gasteiger partial charge in [-0.2, -0.15) is 0 Å². The number of para-hydroxylation sites is 1. The first kappa shape index (κ1) is 23.0. The van der Waals surface area contributed by atoms with E-state index in [1.54, 1.807) is 19.1 Å². The molecular weight excluding hydrogens is 438 g/mol. The predicted molar refractivity (Wildman–Crippen MR) is 109 cm³/mol. The highest BCUT2D eigenvalue weighted by Crippen LogP contribution is 2.46. The van der Waals surface area contributed by atoms with Gasteiger partial charge in [-0.25, -0.2) is 13.2 Å². The van der Waals surface area contributed by atoms with Gasteiger partial charge in [0.25, 0.3) is 0 Å². The zero-order valence-electron chi connectivity index (χ0n) is 16.2. The lowest BCUT2D eigenvalue weighted by molar-refractivity contribution is -0.171. The van der Waals surface area contributed by atoms with Crippen molar-refractivity contribution in [2.45, 2.75) is 48.9 Å². The monoisotopic (exact) mass is 461 g/mol. The fourth-order valence-electron chi connectivity index (χ4n) is 3.88. The van der Waals surface area contributed by atoms with E-state index in [0.717, 1.165) is 6.08 Å². The number of aliphatic hydroxyl groups excluding tert-OH is 2. The summed E-state index contributed by atoms with van der Waals surface area (Å²) in [6.07, 6.45) is 0.471. The molecular formula is C19H24ClNO8S. The molecule has 11 heteroatoms. The van der Waals surface area contributed by atoms with E-state index in [4.69, 9.17) is 21.1 Å². The Hall–Kier alpha value is -1.69. The van der Waals surface area contributed by atoms with E-state index in [0.29, 0.717) is 6.42 Å². The number of anilines is 1. The number of carbonyl (C=O) groups is 1. The minimum atomic E-state index is -4.15. The number of rotatable bonds is 7. The van der Waals surface area contributed by atoms with Gasteiger partial charge < -0.3 is 24.8 Å². The highest BCUT2D eigenvalue weighted by atomic mass is 35.5. The predicted octanol–water partition coefficient (Wildman–Crippen LogP) is 1.50. The maximum absolute atomic E-state index is 13.0. The van der Waals surface area contributed by atoms with Crippen LogP contribution < -0.4 is 4.72 Å². The van der Waals surface area contributed by atoms with E-state index in [1.165, 1.54) is 12.1 Å². The molecule has 4 atom stereocenters. The summed E-state index contributed by atoms with van der Waals surface area (Å²) in [6, 6.07) is 6.22. The molecule has 0 saturated carbocycles. The summed E-state index contributed by atoms with van der Waals surface area (Å²) in [5, 5.41) is 28.0. The number of carboxylic acid groups (broad SMARTS) is 1. The average Bonchev–Trinajstić information content (AvgIpc) is 3.03. The van der Waals surface area contributed by atoms with Crippen LogP contribution in [0.4, 0.5) is 5.69 Å². The van der Waals surface area contributed by atoms with Gasteiger partial charge in [0.15, 0.2) is 5.79 Å². The molecule has 1 aromatic carbocycles. The number of aliphatic hydroxyl groups is 2. The van der Waals surface area contributed by atoms with Crippen molar-refractivity contribution in [3.8, 4) is 0 Å². The largest absolute Gasteiger partial charge is 0.478 e. The molecule has 0 amide bonds. The Balaban J connectivity index is 1.96. The van der Waals surface area contributed by atoms with Gasteiger partial charge in [-0.3, -0.25) is 4.72 Å². The Morgan fingerprint density at radius 2 is 2.03 bits per heavy atom. The molecule has 30 heavy (non-hydrogen) atoms. The van der Waals surface area contributed by atoms with Gasteiger partial charge in [-0.1, -0.05) is 30.7 Å². The Morgan fingerprint density at radius 3 is 2.57 bits per heavy atom. The second-order valence-corrected chi connectivity index (χ2v) is 9.61. The molecule has 1 fully saturated rings. The minimum absolute atomic E-state index is 0.0239. The summed E-state index contributed by atoms with van der Waals surface area (Å²) in [5.41, 5.74) is -1.48. The van der Waals surface area contributed by atoms with Crippen LogP contribution in [0.2, 0.25) is 5.02 Å². The molecule has 1 spiro atoms. The SMILES string of the molecule is CC[C@]1(CO)OC2(C=C(C(=O)O)C(S(=O)(=O)Nc3ccccc3Cl)CC2)O[C@@H]1CO. The van der Waals surface area contributed by atoms with Crippen molar-refractivity contribution in [2.75, 3.05) is 17.9 Å². The van der Waals surface area contributed by atoms with Gasteiger partial charge in [-0.05, 0) is 31.1 Å². The molecule has 0 radical (unpaired) electrons. The standard InChI is InChI=1S/C19H24ClNO8S/c1-2-18(11-23)16(10-22)28-19(29-18)8-7-15(12(9-19)17(24)25)30(26,27)21-14-6-4-3-5-13(14)20/h3-6,9,15-16,21-23H,2,7-8,10-11H2,1H3,(H,24,25)/t15?,16-,18-,19?/m1/s1. The van der Waals surface area contributed by atoms with Gasteiger partial charge in [0.1, 0.15) is 17.0 Å². The van der Waals surface area contributed by atoms with Crippen LogP contribution in [-0.2, 0) is 24.3 Å². The van der Waals surface area contributed by atoms with E-state index < -0.39 is 57.5 Å². The summed E-state index contributed by atoms with van der Waals surface area (Å²) >= 11 is 6.02. The number of carboxylic acids is 1. The third kappa shape index (κ3) is 4.08. The van der Waals surface area contributed by atoms with Crippen LogP contribution in [-0.4, -0.2) is 65.7 Å². The zero-order valence-corrected chi connectivity index (χ0v) is 17.8. The Morgan fingerprint density at radius 1 is 1.33 bits per heavy atom.